The highest BCUT2D eigenvalue weighted by molar-refractivity contribution is 7.89. The molecule has 1 heterocycles. The quantitative estimate of drug-likeness (QED) is 0.724. The third-order valence-corrected chi connectivity index (χ3v) is 5.20. The van der Waals surface area contributed by atoms with Crippen LogP contribution in [0, 0.1) is 18.8 Å². The molecule has 1 aliphatic rings. The van der Waals surface area contributed by atoms with Crippen LogP contribution in [-0.2, 0) is 10.0 Å². The molecule has 18 heavy (non-hydrogen) atoms. The standard InChI is InChI=1S/C11H19N3O3S/c1-8-11(6-12-14-8)18(16,17)13-5-9-3-2-4-10(9)7-15/h6,9-10,13,15H,2-5,7H2,1H3,(H,12,14). The molecule has 2 unspecified atom stereocenters. The van der Waals surface area contributed by atoms with Crippen LogP contribution in [0.2, 0.25) is 0 Å². The van der Waals surface area contributed by atoms with Gasteiger partial charge in [-0.2, -0.15) is 5.10 Å². The van der Waals surface area contributed by atoms with Crippen LogP contribution in [0.5, 0.6) is 0 Å². The van der Waals surface area contributed by atoms with Crippen molar-refractivity contribution in [2.75, 3.05) is 13.2 Å². The van der Waals surface area contributed by atoms with Crippen LogP contribution in [0.3, 0.4) is 0 Å². The molecule has 102 valence electrons. The van der Waals surface area contributed by atoms with Gasteiger partial charge in [-0.15, -0.1) is 0 Å². The Balaban J connectivity index is 2.00. The van der Waals surface area contributed by atoms with Gasteiger partial charge in [-0.1, -0.05) is 6.42 Å². The largest absolute Gasteiger partial charge is 0.396 e. The molecule has 1 aliphatic carbocycles. The number of hydrogen-bond acceptors (Lipinski definition) is 4. The van der Waals surface area contributed by atoms with Crippen LogP contribution in [0.1, 0.15) is 25.0 Å². The molecule has 6 nitrogen and oxygen atoms in total. The number of aryl methyl sites for hydroxylation is 1. The van der Waals surface area contributed by atoms with E-state index in [-0.39, 0.29) is 23.3 Å². The Labute approximate surface area is 107 Å². The molecular formula is C11H19N3O3S. The number of H-pyrrole nitrogens is 1. The van der Waals surface area contributed by atoms with Crippen LogP contribution in [0.15, 0.2) is 11.1 Å². The van der Waals surface area contributed by atoms with Gasteiger partial charge in [0, 0.05) is 13.2 Å². The van der Waals surface area contributed by atoms with E-state index in [1.807, 2.05) is 0 Å². The first kappa shape index (κ1) is 13.5. The lowest BCUT2D eigenvalue weighted by Crippen LogP contribution is -2.31. The number of rotatable bonds is 5. The van der Waals surface area contributed by atoms with Crippen molar-refractivity contribution in [3.8, 4) is 0 Å². The maximum Gasteiger partial charge on any atom is 0.243 e. The van der Waals surface area contributed by atoms with Crippen molar-refractivity contribution in [2.24, 2.45) is 11.8 Å². The summed E-state index contributed by atoms with van der Waals surface area (Å²) in [6.45, 7) is 2.20. The predicted molar refractivity (Wildman–Crippen MR) is 66.4 cm³/mol. The van der Waals surface area contributed by atoms with Crippen molar-refractivity contribution in [3.05, 3.63) is 11.9 Å². The number of nitrogens with zero attached hydrogens (tertiary/aromatic N) is 1. The molecule has 7 heteroatoms. The van der Waals surface area contributed by atoms with E-state index in [0.717, 1.165) is 19.3 Å². The molecule has 0 radical (unpaired) electrons. The summed E-state index contributed by atoms with van der Waals surface area (Å²) in [7, 11) is -3.49. The summed E-state index contributed by atoms with van der Waals surface area (Å²) in [5, 5.41) is 15.5. The number of sulfonamides is 1. The Bertz CT molecular complexity index is 497. The van der Waals surface area contributed by atoms with Crippen LogP contribution in [-0.4, -0.2) is 36.9 Å². The zero-order valence-corrected chi connectivity index (χ0v) is 11.2. The van der Waals surface area contributed by atoms with E-state index >= 15 is 0 Å². The molecule has 1 fully saturated rings. The number of aliphatic hydroxyl groups excluding tert-OH is 1. The lowest BCUT2D eigenvalue weighted by Gasteiger charge is -2.17. The fourth-order valence-corrected chi connectivity index (χ4v) is 3.76. The Morgan fingerprint density at radius 2 is 2.22 bits per heavy atom. The first-order valence-corrected chi connectivity index (χ1v) is 7.63. The van der Waals surface area contributed by atoms with E-state index < -0.39 is 10.0 Å². The van der Waals surface area contributed by atoms with Crippen molar-refractivity contribution < 1.29 is 13.5 Å². The van der Waals surface area contributed by atoms with Gasteiger partial charge < -0.3 is 5.11 Å². The van der Waals surface area contributed by atoms with Gasteiger partial charge in [-0.25, -0.2) is 13.1 Å². The molecule has 0 saturated heterocycles. The number of aromatic amines is 1. The van der Waals surface area contributed by atoms with Gasteiger partial charge in [0.2, 0.25) is 10.0 Å². The predicted octanol–water partition coefficient (Wildman–Crippen LogP) is 0.405. The average Bonchev–Trinajstić information content (AvgIpc) is 2.94. The minimum absolute atomic E-state index is 0.136. The third-order valence-electron chi connectivity index (χ3n) is 3.66. The summed E-state index contributed by atoms with van der Waals surface area (Å²) in [4.78, 5) is 0.195. The number of hydrogen-bond donors (Lipinski definition) is 3. The highest BCUT2D eigenvalue weighted by Gasteiger charge is 2.28. The molecule has 1 aromatic heterocycles. The van der Waals surface area contributed by atoms with Crippen molar-refractivity contribution in [2.45, 2.75) is 31.1 Å². The van der Waals surface area contributed by atoms with E-state index in [9.17, 15) is 13.5 Å². The molecule has 0 aromatic carbocycles. The molecule has 3 N–H and O–H groups in total. The molecular weight excluding hydrogens is 254 g/mol. The molecule has 0 spiro atoms. The Morgan fingerprint density at radius 1 is 1.50 bits per heavy atom. The lowest BCUT2D eigenvalue weighted by molar-refractivity contribution is 0.195. The Kier molecular flexibility index (Phi) is 4.04. The highest BCUT2D eigenvalue weighted by Crippen LogP contribution is 2.30. The smallest absolute Gasteiger partial charge is 0.243 e. The summed E-state index contributed by atoms with van der Waals surface area (Å²) < 4.78 is 26.7. The van der Waals surface area contributed by atoms with Gasteiger partial charge in [-0.3, -0.25) is 5.10 Å². The van der Waals surface area contributed by atoms with E-state index in [2.05, 4.69) is 14.9 Å². The van der Waals surface area contributed by atoms with E-state index in [1.165, 1.54) is 6.20 Å². The summed E-state index contributed by atoms with van der Waals surface area (Å²) in [5.41, 5.74) is 0.535. The summed E-state index contributed by atoms with van der Waals surface area (Å²) >= 11 is 0. The van der Waals surface area contributed by atoms with Gasteiger partial charge in [-0.05, 0) is 31.6 Å². The number of aliphatic hydroxyl groups is 1. The summed E-state index contributed by atoms with van der Waals surface area (Å²) in [6.07, 6.45) is 4.32. The second-order valence-electron chi connectivity index (χ2n) is 4.84. The SMILES string of the molecule is Cc1[nH]ncc1S(=O)(=O)NCC1CCCC1CO. The highest BCUT2D eigenvalue weighted by atomic mass is 32.2. The van der Waals surface area contributed by atoms with E-state index in [0.29, 0.717) is 12.2 Å². The summed E-state index contributed by atoms with van der Waals surface area (Å²) in [5.74, 6) is 0.454. The molecule has 2 atom stereocenters. The minimum Gasteiger partial charge on any atom is -0.396 e. The van der Waals surface area contributed by atoms with Gasteiger partial charge in [0.25, 0.3) is 0 Å². The van der Waals surface area contributed by atoms with Crippen LogP contribution in [0.4, 0.5) is 0 Å². The maximum atomic E-state index is 12.0. The van der Waals surface area contributed by atoms with Crippen molar-refractivity contribution in [3.63, 3.8) is 0 Å². The van der Waals surface area contributed by atoms with Crippen molar-refractivity contribution in [1.82, 2.24) is 14.9 Å². The second-order valence-corrected chi connectivity index (χ2v) is 6.58. The van der Waals surface area contributed by atoms with Crippen LogP contribution >= 0.6 is 0 Å². The normalized spacial score (nSPS) is 24.6. The van der Waals surface area contributed by atoms with Crippen molar-refractivity contribution in [1.29, 1.82) is 0 Å². The summed E-state index contributed by atoms with van der Waals surface area (Å²) in [6, 6.07) is 0. The first-order chi connectivity index (χ1) is 8.54. The van der Waals surface area contributed by atoms with Crippen LogP contribution in [0.25, 0.3) is 0 Å². The maximum absolute atomic E-state index is 12.0. The molecule has 0 bridgehead atoms. The average molecular weight is 273 g/mol. The lowest BCUT2D eigenvalue weighted by atomic mass is 9.97. The van der Waals surface area contributed by atoms with Crippen molar-refractivity contribution >= 4 is 10.0 Å². The number of nitrogens with one attached hydrogen (secondary N) is 2. The minimum atomic E-state index is -3.49. The fraction of sp³-hybridized carbons (Fsp3) is 0.727. The molecule has 1 aromatic rings. The molecule has 1 saturated carbocycles. The van der Waals surface area contributed by atoms with Gasteiger partial charge in [0.05, 0.1) is 11.9 Å². The topological polar surface area (TPSA) is 95.1 Å². The van der Waals surface area contributed by atoms with E-state index in [4.69, 9.17) is 0 Å². The molecule has 2 rings (SSSR count). The Hall–Kier alpha value is -0.920. The van der Waals surface area contributed by atoms with E-state index in [1.54, 1.807) is 6.92 Å². The van der Waals surface area contributed by atoms with Gasteiger partial charge in [0.1, 0.15) is 4.90 Å². The third kappa shape index (κ3) is 2.73. The molecule has 0 amide bonds. The number of aromatic nitrogens is 2. The Morgan fingerprint density at radius 3 is 2.83 bits per heavy atom. The zero-order chi connectivity index (χ0) is 13.2. The fourth-order valence-electron chi connectivity index (χ4n) is 2.53. The zero-order valence-electron chi connectivity index (χ0n) is 10.4. The second kappa shape index (κ2) is 5.38. The van der Waals surface area contributed by atoms with Gasteiger partial charge >= 0.3 is 0 Å². The molecule has 0 aliphatic heterocycles. The first-order valence-electron chi connectivity index (χ1n) is 6.15. The van der Waals surface area contributed by atoms with Gasteiger partial charge in [0.15, 0.2) is 0 Å². The monoisotopic (exact) mass is 273 g/mol. The van der Waals surface area contributed by atoms with Crippen LogP contribution < -0.4 is 4.72 Å².